The number of amides is 1. The van der Waals surface area contributed by atoms with E-state index in [1.165, 1.54) is 27.8 Å². The lowest BCUT2D eigenvalue weighted by Crippen LogP contribution is -2.56. The summed E-state index contributed by atoms with van der Waals surface area (Å²) in [6.07, 6.45) is 4.34. The van der Waals surface area contributed by atoms with Gasteiger partial charge in [-0.25, -0.2) is 9.78 Å². The normalized spacial score (nSPS) is 21.2. The largest absolute Gasteiger partial charge is 0.448 e. The number of carbonyl (C=O) groups excluding carboxylic acids is 1. The van der Waals surface area contributed by atoms with E-state index in [2.05, 4.69) is 81.6 Å². The molecule has 1 aliphatic carbocycles. The zero-order chi connectivity index (χ0) is 22.4. The first-order valence-corrected chi connectivity index (χ1v) is 12.0. The predicted molar refractivity (Wildman–Crippen MR) is 130 cm³/mol. The molecule has 5 nitrogen and oxygen atoms in total. The monoisotopic (exact) mass is 502 g/mol. The van der Waals surface area contributed by atoms with Gasteiger partial charge in [0.1, 0.15) is 11.2 Å². The average molecular weight is 503 g/mol. The Bertz CT molecular complexity index is 1210. The van der Waals surface area contributed by atoms with Crippen LogP contribution in [0.15, 0.2) is 77.5 Å². The average Bonchev–Trinajstić information content (AvgIpc) is 3.16. The summed E-state index contributed by atoms with van der Waals surface area (Å²) in [6, 6.07) is 20.6. The van der Waals surface area contributed by atoms with E-state index >= 15 is 0 Å². The summed E-state index contributed by atoms with van der Waals surface area (Å²) < 4.78 is 12.6. The van der Waals surface area contributed by atoms with Gasteiger partial charge < -0.3 is 9.47 Å². The second kappa shape index (κ2) is 8.43. The van der Waals surface area contributed by atoms with Crippen molar-refractivity contribution in [3.63, 3.8) is 0 Å². The molecule has 0 spiro atoms. The Morgan fingerprint density at radius 2 is 1.70 bits per heavy atom. The molecule has 1 aromatic heterocycles. The number of aromatic nitrogens is 1. The zero-order valence-electron chi connectivity index (χ0n) is 18.0. The van der Waals surface area contributed by atoms with Crippen molar-refractivity contribution in [2.24, 2.45) is 0 Å². The van der Waals surface area contributed by atoms with Gasteiger partial charge in [0, 0.05) is 17.7 Å². The molecule has 0 radical (unpaired) electrons. The first-order valence-electron chi connectivity index (χ1n) is 11.2. The molecule has 1 fully saturated rings. The minimum atomic E-state index is -0.268. The Kier molecular flexibility index (Phi) is 5.27. The standard InChI is InChI=1S/C27H23BrN2O3/c28-26-20(10-5-11-29-26)17-12-18-14-32-15-19(13-17)30(18)27(31)33-16-25-23-8-3-1-6-21(23)22-7-2-4-9-24(22)25/h1-12,18-19,25H,13-16H2. The topological polar surface area (TPSA) is 51.7 Å². The summed E-state index contributed by atoms with van der Waals surface area (Å²) in [6.45, 7) is 1.31. The van der Waals surface area contributed by atoms with Gasteiger partial charge in [-0.05, 0) is 56.2 Å². The number of rotatable bonds is 3. The molecule has 0 saturated carbocycles. The molecular formula is C27H23BrN2O3. The minimum Gasteiger partial charge on any atom is -0.448 e. The molecule has 0 N–H and O–H groups in total. The van der Waals surface area contributed by atoms with Crippen LogP contribution < -0.4 is 0 Å². The predicted octanol–water partition coefficient (Wildman–Crippen LogP) is 5.65. The van der Waals surface area contributed by atoms with E-state index in [9.17, 15) is 4.79 Å². The number of carbonyl (C=O) groups is 1. The Balaban J connectivity index is 1.23. The molecule has 166 valence electrons. The van der Waals surface area contributed by atoms with Crippen molar-refractivity contribution in [3.8, 4) is 11.1 Å². The first kappa shape index (κ1) is 20.6. The molecule has 1 saturated heterocycles. The van der Waals surface area contributed by atoms with Crippen LogP contribution in [-0.2, 0) is 9.47 Å². The van der Waals surface area contributed by atoms with Gasteiger partial charge in [-0.3, -0.25) is 4.90 Å². The molecule has 2 unspecified atom stereocenters. The Labute approximate surface area is 201 Å². The van der Waals surface area contributed by atoms with Gasteiger partial charge in [-0.15, -0.1) is 0 Å². The number of hydrogen-bond acceptors (Lipinski definition) is 4. The fraction of sp³-hybridized carbons (Fsp3) is 0.259. The summed E-state index contributed by atoms with van der Waals surface area (Å²) in [7, 11) is 0. The van der Waals surface area contributed by atoms with Gasteiger partial charge >= 0.3 is 6.09 Å². The minimum absolute atomic E-state index is 0.0495. The molecule has 2 aliphatic heterocycles. The smallest absolute Gasteiger partial charge is 0.410 e. The van der Waals surface area contributed by atoms with Crippen molar-refractivity contribution in [1.29, 1.82) is 0 Å². The van der Waals surface area contributed by atoms with Crippen molar-refractivity contribution in [2.45, 2.75) is 24.4 Å². The number of fused-ring (bicyclic) bond motifs is 5. The molecule has 6 heteroatoms. The van der Waals surface area contributed by atoms with E-state index in [0.29, 0.717) is 26.2 Å². The summed E-state index contributed by atoms with van der Waals surface area (Å²) in [5, 5.41) is 0. The molecule has 2 bridgehead atoms. The van der Waals surface area contributed by atoms with Crippen LogP contribution in [0, 0.1) is 0 Å². The first-order chi connectivity index (χ1) is 16.2. The second-order valence-electron chi connectivity index (χ2n) is 8.71. The lowest BCUT2D eigenvalue weighted by Gasteiger charge is -2.44. The summed E-state index contributed by atoms with van der Waals surface area (Å²) in [5.41, 5.74) is 7.16. The fourth-order valence-electron chi connectivity index (χ4n) is 5.37. The number of morpholine rings is 1. The third kappa shape index (κ3) is 3.58. The lowest BCUT2D eigenvalue weighted by molar-refractivity contribution is -0.0331. The fourth-order valence-corrected chi connectivity index (χ4v) is 5.88. The van der Waals surface area contributed by atoms with Crippen molar-refractivity contribution in [1.82, 2.24) is 9.88 Å². The van der Waals surface area contributed by atoms with Crippen molar-refractivity contribution in [3.05, 3.63) is 94.2 Å². The molecule has 3 aromatic rings. The molecule has 3 heterocycles. The number of benzene rings is 2. The van der Waals surface area contributed by atoms with E-state index in [-0.39, 0.29) is 24.1 Å². The molecule has 6 rings (SSSR count). The number of hydrogen-bond donors (Lipinski definition) is 0. The van der Waals surface area contributed by atoms with E-state index in [4.69, 9.17) is 9.47 Å². The number of halogens is 1. The highest BCUT2D eigenvalue weighted by atomic mass is 79.9. The summed E-state index contributed by atoms with van der Waals surface area (Å²) >= 11 is 3.56. The molecule has 1 amide bonds. The molecule has 33 heavy (non-hydrogen) atoms. The van der Waals surface area contributed by atoms with E-state index < -0.39 is 0 Å². The van der Waals surface area contributed by atoms with E-state index in [1.807, 2.05) is 11.0 Å². The molecule has 2 atom stereocenters. The summed E-state index contributed by atoms with van der Waals surface area (Å²) in [4.78, 5) is 19.5. The zero-order valence-corrected chi connectivity index (χ0v) is 19.6. The van der Waals surface area contributed by atoms with E-state index in [0.717, 1.165) is 10.2 Å². The number of ether oxygens (including phenoxy) is 2. The third-order valence-corrected chi connectivity index (χ3v) is 7.48. The van der Waals surface area contributed by atoms with Crippen LogP contribution in [0.25, 0.3) is 16.7 Å². The highest BCUT2D eigenvalue weighted by Crippen LogP contribution is 2.44. The number of nitrogens with zero attached hydrogens (tertiary/aromatic N) is 2. The molecule has 3 aliphatic rings. The third-order valence-electron chi connectivity index (χ3n) is 6.85. The maximum Gasteiger partial charge on any atom is 0.410 e. The van der Waals surface area contributed by atoms with Crippen LogP contribution in [0.1, 0.15) is 29.0 Å². The van der Waals surface area contributed by atoms with Gasteiger partial charge in [0.15, 0.2) is 0 Å². The lowest BCUT2D eigenvalue weighted by atomic mass is 9.91. The quantitative estimate of drug-likeness (QED) is 0.434. The Morgan fingerprint density at radius 3 is 2.39 bits per heavy atom. The van der Waals surface area contributed by atoms with Crippen molar-refractivity contribution >= 4 is 27.6 Å². The van der Waals surface area contributed by atoms with Crippen LogP contribution in [-0.4, -0.2) is 47.9 Å². The number of pyridine rings is 1. The van der Waals surface area contributed by atoms with Crippen LogP contribution in [0.2, 0.25) is 0 Å². The maximum atomic E-state index is 13.3. The van der Waals surface area contributed by atoms with Gasteiger partial charge in [-0.1, -0.05) is 60.7 Å². The molecule has 2 aromatic carbocycles. The van der Waals surface area contributed by atoms with Crippen molar-refractivity contribution in [2.75, 3.05) is 19.8 Å². The SMILES string of the molecule is O=C(OCC1c2ccccc2-c2ccccc21)N1C2C=C(c3cccnc3Br)CC1COC2. The highest BCUT2D eigenvalue weighted by Gasteiger charge is 2.40. The maximum absolute atomic E-state index is 13.3. The van der Waals surface area contributed by atoms with Crippen LogP contribution in [0.5, 0.6) is 0 Å². The van der Waals surface area contributed by atoms with Gasteiger partial charge in [0.05, 0.1) is 25.3 Å². The van der Waals surface area contributed by atoms with Crippen molar-refractivity contribution < 1.29 is 14.3 Å². The van der Waals surface area contributed by atoms with Crippen LogP contribution >= 0.6 is 15.9 Å². The van der Waals surface area contributed by atoms with Crippen LogP contribution in [0.3, 0.4) is 0 Å². The Hall–Kier alpha value is -2.96. The second-order valence-corrected chi connectivity index (χ2v) is 9.46. The molecular weight excluding hydrogens is 480 g/mol. The van der Waals surface area contributed by atoms with Crippen LogP contribution in [0.4, 0.5) is 4.79 Å². The highest BCUT2D eigenvalue weighted by molar-refractivity contribution is 9.10. The Morgan fingerprint density at radius 1 is 1.00 bits per heavy atom. The van der Waals surface area contributed by atoms with Gasteiger partial charge in [0.2, 0.25) is 0 Å². The van der Waals surface area contributed by atoms with E-state index in [1.54, 1.807) is 6.20 Å². The van der Waals surface area contributed by atoms with Gasteiger partial charge in [-0.2, -0.15) is 0 Å². The van der Waals surface area contributed by atoms with Gasteiger partial charge in [0.25, 0.3) is 0 Å². The summed E-state index contributed by atoms with van der Waals surface area (Å²) in [5.74, 6) is 0.0553.